The van der Waals surface area contributed by atoms with Crippen molar-refractivity contribution in [3.8, 4) is 5.75 Å². The molecule has 0 saturated carbocycles. The van der Waals surface area contributed by atoms with E-state index in [1.54, 1.807) is 24.3 Å². The van der Waals surface area contributed by atoms with Crippen molar-refractivity contribution in [2.24, 2.45) is 5.92 Å². The van der Waals surface area contributed by atoms with Gasteiger partial charge in [0.05, 0.1) is 12.7 Å². The van der Waals surface area contributed by atoms with Crippen LogP contribution in [0.1, 0.15) is 31.1 Å². The molecule has 1 aromatic rings. The molecule has 0 aliphatic heterocycles. The van der Waals surface area contributed by atoms with Gasteiger partial charge in [0.25, 0.3) is 11.8 Å². The summed E-state index contributed by atoms with van der Waals surface area (Å²) < 4.78 is 10.1. The van der Waals surface area contributed by atoms with Gasteiger partial charge in [-0.05, 0) is 25.0 Å². The average Bonchev–Trinajstić information content (AvgIpc) is 2.57. The molecule has 0 bridgehead atoms. The lowest BCUT2D eigenvalue weighted by Gasteiger charge is -2.15. The number of carbonyl (C=O) groups is 3. The van der Waals surface area contributed by atoms with Crippen molar-refractivity contribution in [2.75, 3.05) is 20.2 Å². The summed E-state index contributed by atoms with van der Waals surface area (Å²) in [7, 11) is 1.46. The third kappa shape index (κ3) is 6.28. The first-order valence-electron chi connectivity index (χ1n) is 7.73. The van der Waals surface area contributed by atoms with Crippen molar-refractivity contribution in [3.05, 3.63) is 29.8 Å². The monoisotopic (exact) mass is 336 g/mol. The van der Waals surface area contributed by atoms with Gasteiger partial charge in [0, 0.05) is 6.54 Å². The minimum atomic E-state index is -0.917. The number of esters is 1. The molecular weight excluding hydrogens is 312 g/mol. The highest BCUT2D eigenvalue weighted by Gasteiger charge is 2.19. The summed E-state index contributed by atoms with van der Waals surface area (Å²) in [6, 6.07) is 6.66. The molecule has 1 atom stereocenters. The number of hydrogen-bond acceptors (Lipinski definition) is 5. The fourth-order valence-corrected chi connectivity index (χ4v) is 1.82. The van der Waals surface area contributed by atoms with Gasteiger partial charge in [0.2, 0.25) is 0 Å². The summed E-state index contributed by atoms with van der Waals surface area (Å²) >= 11 is 0. The first-order valence-corrected chi connectivity index (χ1v) is 7.73. The molecule has 0 aromatic heterocycles. The zero-order chi connectivity index (χ0) is 18.1. The molecule has 0 aliphatic carbocycles. The fourth-order valence-electron chi connectivity index (χ4n) is 1.82. The quantitative estimate of drug-likeness (QED) is 0.694. The number of amides is 2. The maximum absolute atomic E-state index is 12.0. The van der Waals surface area contributed by atoms with Gasteiger partial charge in [-0.15, -0.1) is 0 Å². The second-order valence-corrected chi connectivity index (χ2v) is 5.65. The van der Waals surface area contributed by atoms with Crippen molar-refractivity contribution < 1.29 is 23.9 Å². The molecule has 7 nitrogen and oxygen atoms in total. The summed E-state index contributed by atoms with van der Waals surface area (Å²) in [4.78, 5) is 35.5. The van der Waals surface area contributed by atoms with E-state index in [4.69, 9.17) is 9.47 Å². The lowest BCUT2D eigenvalue weighted by atomic mass is 10.2. The third-order valence-corrected chi connectivity index (χ3v) is 3.11. The summed E-state index contributed by atoms with van der Waals surface area (Å²) in [5.74, 6) is -0.804. The van der Waals surface area contributed by atoms with Gasteiger partial charge in [-0.3, -0.25) is 14.4 Å². The molecule has 0 fully saturated rings. The minimum absolute atomic E-state index is 0.303. The Bertz CT molecular complexity index is 586. The number of benzene rings is 1. The van der Waals surface area contributed by atoms with Crippen molar-refractivity contribution >= 4 is 17.8 Å². The SMILES string of the molecule is COc1ccccc1C(=O)NCC(=O)O[C@@H](C)C(=O)NCC(C)C. The molecule has 1 aromatic carbocycles. The number of ether oxygens (including phenoxy) is 2. The van der Waals surface area contributed by atoms with E-state index in [0.717, 1.165) is 0 Å². The van der Waals surface area contributed by atoms with E-state index in [0.29, 0.717) is 23.8 Å². The Labute approximate surface area is 141 Å². The maximum atomic E-state index is 12.0. The number of rotatable bonds is 8. The second-order valence-electron chi connectivity index (χ2n) is 5.65. The molecule has 0 heterocycles. The molecule has 132 valence electrons. The van der Waals surface area contributed by atoms with Crippen LogP contribution in [-0.4, -0.2) is 44.1 Å². The highest BCUT2D eigenvalue weighted by Crippen LogP contribution is 2.16. The second kappa shape index (κ2) is 9.54. The van der Waals surface area contributed by atoms with Gasteiger partial charge in [-0.1, -0.05) is 26.0 Å². The first-order chi connectivity index (χ1) is 11.3. The molecule has 24 heavy (non-hydrogen) atoms. The van der Waals surface area contributed by atoms with Crippen LogP contribution in [0.2, 0.25) is 0 Å². The first kappa shape index (κ1) is 19.5. The van der Waals surface area contributed by atoms with E-state index in [1.165, 1.54) is 14.0 Å². The molecule has 2 N–H and O–H groups in total. The number of methoxy groups -OCH3 is 1. The van der Waals surface area contributed by atoms with Gasteiger partial charge in [0.15, 0.2) is 6.10 Å². The average molecular weight is 336 g/mol. The molecule has 1 rings (SSSR count). The normalized spacial score (nSPS) is 11.5. The van der Waals surface area contributed by atoms with Crippen LogP contribution < -0.4 is 15.4 Å². The number of nitrogens with one attached hydrogen (secondary N) is 2. The Morgan fingerprint density at radius 3 is 2.38 bits per heavy atom. The minimum Gasteiger partial charge on any atom is -0.496 e. The predicted molar refractivity (Wildman–Crippen MR) is 88.7 cm³/mol. The Balaban J connectivity index is 2.45. The van der Waals surface area contributed by atoms with Gasteiger partial charge >= 0.3 is 5.97 Å². The van der Waals surface area contributed by atoms with Crippen LogP contribution in [-0.2, 0) is 14.3 Å². The maximum Gasteiger partial charge on any atom is 0.326 e. The highest BCUT2D eigenvalue weighted by atomic mass is 16.5. The largest absolute Gasteiger partial charge is 0.496 e. The van der Waals surface area contributed by atoms with E-state index in [9.17, 15) is 14.4 Å². The van der Waals surface area contributed by atoms with Crippen LogP contribution in [0.4, 0.5) is 0 Å². The molecule has 0 saturated heterocycles. The Morgan fingerprint density at radius 1 is 1.08 bits per heavy atom. The smallest absolute Gasteiger partial charge is 0.326 e. The van der Waals surface area contributed by atoms with Crippen molar-refractivity contribution in [1.29, 1.82) is 0 Å². The van der Waals surface area contributed by atoms with Crippen molar-refractivity contribution in [3.63, 3.8) is 0 Å². The van der Waals surface area contributed by atoms with Crippen molar-refractivity contribution in [1.82, 2.24) is 10.6 Å². The Kier molecular flexibility index (Phi) is 7.74. The standard InChI is InChI=1S/C17H24N2O5/c1-11(2)9-18-16(21)12(3)24-15(20)10-19-17(22)13-7-5-6-8-14(13)23-4/h5-8,11-12H,9-10H2,1-4H3,(H,18,21)(H,19,22)/t12-/m0/s1. The number of para-hydroxylation sites is 1. The third-order valence-electron chi connectivity index (χ3n) is 3.11. The summed E-state index contributed by atoms with van der Waals surface area (Å²) in [5.41, 5.74) is 0.315. The Hall–Kier alpha value is -2.57. The zero-order valence-electron chi connectivity index (χ0n) is 14.4. The molecule has 0 unspecified atom stereocenters. The molecule has 0 spiro atoms. The predicted octanol–water partition coefficient (Wildman–Crippen LogP) is 1.13. The van der Waals surface area contributed by atoms with Crippen LogP contribution in [0.5, 0.6) is 5.75 Å². The van der Waals surface area contributed by atoms with Crippen LogP contribution >= 0.6 is 0 Å². The topological polar surface area (TPSA) is 93.7 Å². The summed E-state index contributed by atoms with van der Waals surface area (Å²) in [5, 5.41) is 5.12. The number of hydrogen-bond donors (Lipinski definition) is 2. The Morgan fingerprint density at radius 2 is 1.75 bits per heavy atom. The fraction of sp³-hybridized carbons (Fsp3) is 0.471. The summed E-state index contributed by atoms with van der Waals surface area (Å²) in [6.45, 7) is 5.58. The van der Waals surface area contributed by atoms with E-state index >= 15 is 0 Å². The van der Waals surface area contributed by atoms with E-state index in [-0.39, 0.29) is 12.5 Å². The lowest BCUT2D eigenvalue weighted by molar-refractivity contribution is -0.153. The highest BCUT2D eigenvalue weighted by molar-refractivity contribution is 5.98. The molecule has 0 aliphatic rings. The van der Waals surface area contributed by atoms with Crippen LogP contribution in [0.25, 0.3) is 0 Å². The van der Waals surface area contributed by atoms with E-state index in [1.807, 2.05) is 13.8 Å². The van der Waals surface area contributed by atoms with Crippen molar-refractivity contribution in [2.45, 2.75) is 26.9 Å². The van der Waals surface area contributed by atoms with Crippen LogP contribution in [0, 0.1) is 5.92 Å². The summed E-state index contributed by atoms with van der Waals surface area (Å²) in [6.07, 6.45) is -0.917. The van der Waals surface area contributed by atoms with Gasteiger partial charge < -0.3 is 20.1 Å². The van der Waals surface area contributed by atoms with Gasteiger partial charge in [0.1, 0.15) is 12.3 Å². The molecular formula is C17H24N2O5. The molecule has 0 radical (unpaired) electrons. The molecule has 2 amide bonds. The van der Waals surface area contributed by atoms with Gasteiger partial charge in [-0.25, -0.2) is 0 Å². The van der Waals surface area contributed by atoms with E-state index < -0.39 is 18.0 Å². The lowest BCUT2D eigenvalue weighted by Crippen LogP contribution is -2.39. The van der Waals surface area contributed by atoms with E-state index in [2.05, 4.69) is 10.6 Å². The molecule has 7 heteroatoms. The van der Waals surface area contributed by atoms with Crippen LogP contribution in [0.15, 0.2) is 24.3 Å². The van der Waals surface area contributed by atoms with Gasteiger partial charge in [-0.2, -0.15) is 0 Å². The zero-order valence-corrected chi connectivity index (χ0v) is 14.4. The number of carbonyl (C=O) groups excluding carboxylic acids is 3. The van der Waals surface area contributed by atoms with Crippen LogP contribution in [0.3, 0.4) is 0 Å².